The van der Waals surface area contributed by atoms with Crippen LogP contribution >= 0.6 is 11.6 Å². The van der Waals surface area contributed by atoms with Gasteiger partial charge in [0.2, 0.25) is 5.91 Å². The summed E-state index contributed by atoms with van der Waals surface area (Å²) in [5.41, 5.74) is 2.62. The molecule has 0 radical (unpaired) electrons. The van der Waals surface area contributed by atoms with Crippen molar-refractivity contribution in [3.63, 3.8) is 0 Å². The van der Waals surface area contributed by atoms with Gasteiger partial charge in [0, 0.05) is 46.8 Å². The number of rotatable bonds is 7. The predicted octanol–water partition coefficient (Wildman–Crippen LogP) is 6.40. The molecule has 5 rings (SSSR count). The SMILES string of the molecule is CC(c1c[nH]c2ccccc12)C(NC(=O)c1c(F)cccc1F)C(=O)N1C[C@@H](CN(C)C)Cc2cc(Cl)ccc21.O=C(O)C(F)(F)F. The van der Waals surface area contributed by atoms with Gasteiger partial charge in [-0.2, -0.15) is 13.2 Å². The maximum atomic E-state index is 14.6. The van der Waals surface area contributed by atoms with Crippen molar-refractivity contribution in [3.8, 4) is 0 Å². The number of alkyl halides is 3. The van der Waals surface area contributed by atoms with Crippen LogP contribution in [0.1, 0.15) is 34.3 Å². The number of hydrogen-bond donors (Lipinski definition) is 3. The number of H-pyrrole nitrogens is 1. The quantitative estimate of drug-likeness (QED) is 0.196. The number of aliphatic carboxylic acids is 1. The number of nitrogens with one attached hydrogen (secondary N) is 2. The van der Waals surface area contributed by atoms with Crippen molar-refractivity contribution in [1.29, 1.82) is 0 Å². The molecule has 0 bridgehead atoms. The van der Waals surface area contributed by atoms with E-state index in [2.05, 4.69) is 15.2 Å². The van der Waals surface area contributed by atoms with E-state index in [0.717, 1.165) is 47.1 Å². The summed E-state index contributed by atoms with van der Waals surface area (Å²) in [6.45, 7) is 3.00. The van der Waals surface area contributed by atoms with Crippen LogP contribution in [0.3, 0.4) is 0 Å². The molecule has 4 aromatic rings. The zero-order valence-electron chi connectivity index (χ0n) is 25.5. The van der Waals surface area contributed by atoms with Crippen molar-refractivity contribution in [2.24, 2.45) is 5.92 Å². The van der Waals surface area contributed by atoms with Gasteiger partial charge in [-0.25, -0.2) is 13.6 Å². The number of carboxylic acids is 1. The van der Waals surface area contributed by atoms with Crippen molar-refractivity contribution in [2.45, 2.75) is 31.5 Å². The Bertz CT molecular complexity index is 1760. The van der Waals surface area contributed by atoms with Crippen molar-refractivity contribution in [3.05, 3.63) is 100 Å². The number of amides is 2. The Hall–Kier alpha value is -4.49. The third-order valence-electron chi connectivity index (χ3n) is 7.77. The van der Waals surface area contributed by atoms with Crippen molar-refractivity contribution < 1.29 is 41.4 Å². The summed E-state index contributed by atoms with van der Waals surface area (Å²) in [4.78, 5) is 43.6. The lowest BCUT2D eigenvalue weighted by Gasteiger charge is -2.38. The summed E-state index contributed by atoms with van der Waals surface area (Å²) in [5.74, 6) is -6.51. The molecule has 0 saturated carbocycles. The number of halogens is 6. The first-order valence-corrected chi connectivity index (χ1v) is 14.8. The molecule has 1 aliphatic rings. The molecular weight excluding hydrogens is 647 g/mol. The van der Waals surface area contributed by atoms with Crippen LogP contribution in [0, 0.1) is 17.6 Å². The molecule has 0 spiro atoms. The molecule has 3 aromatic carbocycles. The van der Waals surface area contributed by atoms with E-state index in [4.69, 9.17) is 21.5 Å². The number of anilines is 1. The molecule has 0 saturated heterocycles. The van der Waals surface area contributed by atoms with E-state index >= 15 is 0 Å². The first kappa shape index (κ1) is 35.4. The van der Waals surface area contributed by atoms with Crippen molar-refractivity contribution in [2.75, 3.05) is 32.1 Å². The standard InChI is InChI=1S/C31H31ClF2N4O2.C2HF3O2/c1-18(23-15-35-26-10-5-4-7-22(23)26)29(36-30(39)28-24(33)8-6-9-25(28)34)31(40)38-17-19(16-37(2)3)13-20-14-21(32)11-12-27(20)38;3-2(4,5)1(6)7/h4-12,14-15,18-19,29,35H,13,16-17H2,1-3H3,(H,36,39);(H,6,7)/t18?,19-,29?;/m1./s1. The van der Waals surface area contributed by atoms with E-state index in [1.54, 1.807) is 11.0 Å². The molecule has 2 heterocycles. The molecule has 1 aromatic heterocycles. The van der Waals surface area contributed by atoms with Crippen molar-refractivity contribution >= 4 is 46.0 Å². The first-order chi connectivity index (χ1) is 22.1. The van der Waals surface area contributed by atoms with Crippen LogP contribution in [-0.4, -0.2) is 72.2 Å². The Kier molecular flexibility index (Phi) is 10.9. The minimum atomic E-state index is -5.08. The van der Waals surface area contributed by atoms with Crippen LogP contribution < -0.4 is 10.2 Å². The van der Waals surface area contributed by atoms with Gasteiger partial charge < -0.3 is 25.2 Å². The van der Waals surface area contributed by atoms with Crippen LogP contribution in [0.4, 0.5) is 27.6 Å². The van der Waals surface area contributed by atoms with Gasteiger partial charge in [0.1, 0.15) is 23.2 Å². The van der Waals surface area contributed by atoms with Crippen LogP contribution in [0.25, 0.3) is 10.9 Å². The highest BCUT2D eigenvalue weighted by Gasteiger charge is 2.39. The number of benzene rings is 3. The summed E-state index contributed by atoms with van der Waals surface area (Å²) in [7, 11) is 3.95. The minimum Gasteiger partial charge on any atom is -0.475 e. The minimum absolute atomic E-state index is 0.119. The van der Waals surface area contributed by atoms with Crippen LogP contribution in [-0.2, 0) is 16.0 Å². The van der Waals surface area contributed by atoms with Gasteiger partial charge >= 0.3 is 12.1 Å². The maximum absolute atomic E-state index is 14.6. The highest BCUT2D eigenvalue weighted by atomic mass is 35.5. The number of hydrogen-bond acceptors (Lipinski definition) is 4. The third-order valence-corrected chi connectivity index (χ3v) is 8.00. The second-order valence-corrected chi connectivity index (χ2v) is 11.9. The Morgan fingerprint density at radius 1 is 1.06 bits per heavy atom. The smallest absolute Gasteiger partial charge is 0.475 e. The molecule has 47 heavy (non-hydrogen) atoms. The van der Waals surface area contributed by atoms with Crippen LogP contribution in [0.15, 0.2) is 66.9 Å². The fourth-order valence-electron chi connectivity index (χ4n) is 5.71. The molecule has 3 N–H and O–H groups in total. The number of para-hydroxylation sites is 1. The number of aromatic nitrogens is 1. The van der Waals surface area contributed by atoms with Gasteiger partial charge in [0.25, 0.3) is 5.91 Å². The highest BCUT2D eigenvalue weighted by Crippen LogP contribution is 2.35. The lowest BCUT2D eigenvalue weighted by molar-refractivity contribution is -0.192. The van der Waals surface area contributed by atoms with E-state index in [0.29, 0.717) is 17.3 Å². The van der Waals surface area contributed by atoms with Crippen LogP contribution in [0.5, 0.6) is 0 Å². The Labute approximate surface area is 272 Å². The average Bonchev–Trinajstić information content (AvgIpc) is 3.42. The van der Waals surface area contributed by atoms with Crippen molar-refractivity contribution in [1.82, 2.24) is 15.2 Å². The normalized spacial score (nSPS) is 15.8. The molecule has 0 aliphatic carbocycles. The fourth-order valence-corrected chi connectivity index (χ4v) is 5.90. The van der Waals surface area contributed by atoms with Gasteiger partial charge in [-0.1, -0.05) is 42.8 Å². The summed E-state index contributed by atoms with van der Waals surface area (Å²) in [6.07, 6.45) is -2.53. The summed E-state index contributed by atoms with van der Waals surface area (Å²) in [5, 5.41) is 11.3. The maximum Gasteiger partial charge on any atom is 0.490 e. The molecule has 2 amide bonds. The van der Waals surface area contributed by atoms with Gasteiger partial charge in [-0.15, -0.1) is 0 Å². The molecule has 0 fully saturated rings. The lowest BCUT2D eigenvalue weighted by Crippen LogP contribution is -2.54. The Morgan fingerprint density at radius 2 is 1.70 bits per heavy atom. The zero-order chi connectivity index (χ0) is 34.6. The van der Waals surface area contributed by atoms with E-state index < -0.39 is 47.2 Å². The third kappa shape index (κ3) is 8.27. The largest absolute Gasteiger partial charge is 0.490 e. The molecule has 14 heteroatoms. The van der Waals surface area contributed by atoms with E-state index in [1.165, 1.54) is 6.07 Å². The number of fused-ring (bicyclic) bond motifs is 2. The molecular formula is C33H32ClF5N4O4. The summed E-state index contributed by atoms with van der Waals surface area (Å²) >= 11 is 6.31. The van der Waals surface area contributed by atoms with Gasteiger partial charge in [0.15, 0.2) is 0 Å². The van der Waals surface area contributed by atoms with Gasteiger partial charge in [0.05, 0.1) is 0 Å². The highest BCUT2D eigenvalue weighted by molar-refractivity contribution is 6.30. The topological polar surface area (TPSA) is 106 Å². The first-order valence-electron chi connectivity index (χ1n) is 14.4. The predicted molar refractivity (Wildman–Crippen MR) is 168 cm³/mol. The molecule has 2 unspecified atom stereocenters. The number of carbonyl (C=O) groups excluding carboxylic acids is 2. The fraction of sp³-hybridized carbons (Fsp3) is 0.303. The Morgan fingerprint density at radius 3 is 2.32 bits per heavy atom. The number of nitrogens with zero attached hydrogens (tertiary/aromatic N) is 2. The molecule has 8 nitrogen and oxygen atoms in total. The second kappa shape index (κ2) is 14.5. The molecule has 3 atom stereocenters. The molecule has 250 valence electrons. The number of aromatic amines is 1. The van der Waals surface area contributed by atoms with Gasteiger partial charge in [-0.05, 0) is 74.0 Å². The monoisotopic (exact) mass is 678 g/mol. The number of carbonyl (C=O) groups is 3. The van der Waals surface area contributed by atoms with E-state index in [1.807, 2.05) is 63.6 Å². The molecule has 1 aliphatic heterocycles. The number of carboxylic acid groups (broad SMARTS) is 1. The van der Waals surface area contributed by atoms with E-state index in [9.17, 15) is 31.5 Å². The second-order valence-electron chi connectivity index (χ2n) is 11.5. The van der Waals surface area contributed by atoms with E-state index in [-0.39, 0.29) is 11.8 Å². The van der Waals surface area contributed by atoms with Crippen LogP contribution in [0.2, 0.25) is 5.02 Å². The average molecular weight is 679 g/mol. The zero-order valence-corrected chi connectivity index (χ0v) is 26.3. The summed E-state index contributed by atoms with van der Waals surface area (Å²) < 4.78 is 60.9. The Balaban J connectivity index is 0.000000644. The lowest BCUT2D eigenvalue weighted by atomic mass is 9.88. The summed E-state index contributed by atoms with van der Waals surface area (Å²) in [6, 6.07) is 15.2. The van der Waals surface area contributed by atoms with Gasteiger partial charge in [-0.3, -0.25) is 9.59 Å².